The molecule has 0 bridgehead atoms. The van der Waals surface area contributed by atoms with Crippen LogP contribution in [-0.2, 0) is 0 Å². The summed E-state index contributed by atoms with van der Waals surface area (Å²) in [6.45, 7) is 6.92. The van der Waals surface area contributed by atoms with E-state index in [1.807, 2.05) is 6.92 Å². The van der Waals surface area contributed by atoms with Gasteiger partial charge in [-0.1, -0.05) is 61.8 Å². The van der Waals surface area contributed by atoms with Gasteiger partial charge in [-0.25, -0.2) is 0 Å². The summed E-state index contributed by atoms with van der Waals surface area (Å²) in [5.74, 6) is 0. The molecule has 0 atom stereocenters. The molecule has 0 rings (SSSR count). The molecule has 0 aromatic carbocycles. The molecule has 0 fully saturated rings. The number of rotatable bonds is 1. The third kappa shape index (κ3) is 288. The Morgan fingerprint density at radius 3 is 1.22 bits per heavy atom. The van der Waals surface area contributed by atoms with E-state index in [0.29, 0.717) is 6.90 Å². The lowest BCUT2D eigenvalue weighted by molar-refractivity contribution is 0.886. The Morgan fingerprint density at radius 1 is 1.00 bits per heavy atom. The van der Waals surface area contributed by atoms with Crippen LogP contribution in [0.2, 0.25) is 0 Å². The molecule has 0 nitrogen and oxygen atoms in total. The fourth-order valence-corrected chi connectivity index (χ4v) is 0. The summed E-state index contributed by atoms with van der Waals surface area (Å²) in [5, 5.41) is 0. The minimum Gasteiger partial charge on any atom is -0.0776 e. The van der Waals surface area contributed by atoms with Gasteiger partial charge in [-0.2, -0.15) is 0 Å². The molecule has 0 aliphatic heterocycles. The van der Waals surface area contributed by atoms with Crippen LogP contribution in [0.15, 0.2) is 0 Å². The molecule has 9 heavy (non-hydrogen) atoms. The maximum Gasteiger partial charge on any atom is 0.0230 e. The lowest BCUT2D eigenvalue weighted by atomic mass is 10.4. The van der Waals surface area contributed by atoms with Crippen molar-refractivity contribution < 1.29 is 1.37 Å². The summed E-state index contributed by atoms with van der Waals surface area (Å²) < 4.78 is 6.45. The zero-order valence-electron chi connectivity index (χ0n) is 6.83. The Kier molecular flexibility index (Phi) is 77.4. The Labute approximate surface area is 64.1 Å². The monoisotopic (exact) mass is 135 g/mol. The second-order valence-corrected chi connectivity index (χ2v) is 1.50. The molecule has 0 saturated heterocycles. The van der Waals surface area contributed by atoms with Crippen molar-refractivity contribution >= 4 is 0 Å². The topological polar surface area (TPSA) is 0 Å². The van der Waals surface area contributed by atoms with Gasteiger partial charge in [0.25, 0.3) is 0 Å². The van der Waals surface area contributed by atoms with E-state index < -0.39 is 0 Å². The van der Waals surface area contributed by atoms with Crippen molar-refractivity contribution in [3.63, 3.8) is 0 Å². The Hall–Kier alpha value is 0. The smallest absolute Gasteiger partial charge is 0.0230 e. The number of unbranched alkanes of at least 4 members (excludes halogenated alkanes) is 1. The number of hydrogen-bond acceptors (Lipinski definition) is 0. The Morgan fingerprint density at radius 2 is 1.22 bits per heavy atom. The van der Waals surface area contributed by atoms with Gasteiger partial charge in [0.05, 0.1) is 0 Å². The van der Waals surface area contributed by atoms with Crippen LogP contribution < -0.4 is 0 Å². The maximum atomic E-state index is 6.45. The van der Waals surface area contributed by atoms with Gasteiger partial charge in [-0.05, 0) is 0 Å². The summed E-state index contributed by atoms with van der Waals surface area (Å²) in [6.07, 6.45) is 3.62. The van der Waals surface area contributed by atoms with Crippen molar-refractivity contribution in [3.05, 3.63) is 0 Å². The maximum absolute atomic E-state index is 6.45. The summed E-state index contributed by atoms with van der Waals surface area (Å²) >= 11 is 0. The van der Waals surface area contributed by atoms with Crippen molar-refractivity contribution in [2.75, 3.05) is 0 Å². The van der Waals surface area contributed by atoms with Gasteiger partial charge in [0.1, 0.15) is 0 Å². The molecular formula is C9H26. The van der Waals surface area contributed by atoms with E-state index >= 15 is 0 Å². The van der Waals surface area contributed by atoms with Crippen LogP contribution in [0.5, 0.6) is 0 Å². The quantitative estimate of drug-likeness (QED) is 0.497. The fraction of sp³-hybridized carbons (Fsp3) is 1.00. The average Bonchev–Trinajstić information content (AvgIpc) is 1.88. The van der Waals surface area contributed by atoms with Gasteiger partial charge in [-0.15, -0.1) is 0 Å². The molecule has 0 saturated carbocycles. The molecule has 62 valence electrons. The normalized spacial score (nSPS) is 6.78. The van der Waals surface area contributed by atoms with Crippen LogP contribution in [0.3, 0.4) is 0 Å². The van der Waals surface area contributed by atoms with Gasteiger partial charge in [0.15, 0.2) is 0 Å². The van der Waals surface area contributed by atoms with Crippen LogP contribution in [0, 0.1) is 0 Å². The first kappa shape index (κ1) is 16.0. The highest BCUT2D eigenvalue weighted by Gasteiger charge is 1.56. The molecule has 0 aliphatic carbocycles. The van der Waals surface area contributed by atoms with Crippen LogP contribution in [0.4, 0.5) is 0 Å². The molecular weight excluding hydrogens is 108 g/mol. The van der Waals surface area contributed by atoms with E-state index in [9.17, 15) is 0 Å². The van der Waals surface area contributed by atoms with Crippen molar-refractivity contribution in [2.45, 2.75) is 61.8 Å². The van der Waals surface area contributed by atoms with Gasteiger partial charge < -0.3 is 0 Å². The van der Waals surface area contributed by atoms with E-state index in [0.717, 1.165) is 6.42 Å². The summed E-state index contributed by atoms with van der Waals surface area (Å²) in [5.41, 5.74) is 0. The molecule has 0 N–H and O–H groups in total. The zero-order valence-corrected chi connectivity index (χ0v) is 5.83. The van der Waals surface area contributed by atoms with E-state index in [4.69, 9.17) is 1.37 Å². The predicted molar refractivity (Wildman–Crippen MR) is 50.0 cm³/mol. The molecule has 0 heteroatoms. The Balaban J connectivity index is -0.0000000300. The first-order chi connectivity index (χ1) is 3.83. The average molecular weight is 135 g/mol. The Bertz CT molecular complexity index is 12.7. The summed E-state index contributed by atoms with van der Waals surface area (Å²) in [4.78, 5) is 0. The second kappa shape index (κ2) is 43.6. The molecule has 0 unspecified atom stereocenters. The van der Waals surface area contributed by atoms with Crippen LogP contribution in [0.25, 0.3) is 0 Å². The molecule has 0 aliphatic rings. The summed E-state index contributed by atoms with van der Waals surface area (Å²) in [6, 6.07) is 0. The predicted octanol–water partition coefficient (Wildman–Crippen LogP) is 4.49. The lowest BCUT2D eigenvalue weighted by Gasteiger charge is -1.68. The minimum absolute atomic E-state index is 0. The van der Waals surface area contributed by atoms with Crippen molar-refractivity contribution in [1.82, 2.24) is 0 Å². The third-order valence-electron chi connectivity index (χ3n) is 0.500. The standard InChI is InChI=1S/C4H10.C3H8.2CH4/c1-3-4-2;1-3-2;;/h3-4H2,1-2H3;3H2,1-2H3;2*1H4/i;1D;;. The first-order valence-electron chi connectivity index (χ1n) is 3.83. The second-order valence-electron chi connectivity index (χ2n) is 1.50. The van der Waals surface area contributed by atoms with E-state index in [1.54, 1.807) is 0 Å². The van der Waals surface area contributed by atoms with Gasteiger partial charge in [0.2, 0.25) is 0 Å². The summed E-state index contributed by atoms with van der Waals surface area (Å²) in [7, 11) is 0. The van der Waals surface area contributed by atoms with Crippen molar-refractivity contribution in [2.24, 2.45) is 0 Å². The van der Waals surface area contributed by atoms with Gasteiger partial charge in [-0.3, -0.25) is 0 Å². The van der Waals surface area contributed by atoms with Crippen LogP contribution in [-0.4, -0.2) is 0 Å². The fourth-order valence-electron chi connectivity index (χ4n) is 0. The highest BCUT2D eigenvalue weighted by Crippen LogP contribution is 1.76. The largest absolute Gasteiger partial charge is 0.0776 e. The van der Waals surface area contributed by atoms with E-state index in [1.165, 1.54) is 12.8 Å². The highest BCUT2D eigenvalue weighted by atomic mass is 13.6. The lowest BCUT2D eigenvalue weighted by Crippen LogP contribution is -1.47. The molecule has 0 radical (unpaired) electrons. The minimum atomic E-state index is 0. The molecule has 0 aromatic rings. The SMILES string of the molecule is C.C.CCCC.[2H]CCC. The van der Waals surface area contributed by atoms with Crippen LogP contribution >= 0.6 is 0 Å². The first-order valence-corrected chi connectivity index (χ1v) is 3.12. The van der Waals surface area contributed by atoms with Crippen LogP contribution in [0.1, 0.15) is 63.2 Å². The van der Waals surface area contributed by atoms with E-state index in [2.05, 4.69) is 13.8 Å². The molecule has 0 spiro atoms. The zero-order chi connectivity index (χ0) is 6.83. The molecule has 0 heterocycles. The number of hydrogen-bond donors (Lipinski definition) is 0. The van der Waals surface area contributed by atoms with Crippen molar-refractivity contribution in [3.8, 4) is 0 Å². The molecule has 0 amide bonds. The molecule has 0 aromatic heterocycles. The highest BCUT2D eigenvalue weighted by molar-refractivity contribution is 4.12. The third-order valence-corrected chi connectivity index (χ3v) is 0.500. The van der Waals surface area contributed by atoms with E-state index in [-0.39, 0.29) is 14.9 Å². The van der Waals surface area contributed by atoms with Crippen molar-refractivity contribution in [1.29, 1.82) is 0 Å². The van der Waals surface area contributed by atoms with Gasteiger partial charge >= 0.3 is 0 Å². The van der Waals surface area contributed by atoms with Gasteiger partial charge in [0, 0.05) is 1.37 Å².